The molecule has 3 heterocycles. The highest BCUT2D eigenvalue weighted by atomic mass is 28.4. The summed E-state index contributed by atoms with van der Waals surface area (Å²) in [6, 6.07) is -0.0700. The average molecular weight is 1070 g/mol. The lowest BCUT2D eigenvalue weighted by atomic mass is 9.73. The lowest BCUT2D eigenvalue weighted by Gasteiger charge is -2.52. The van der Waals surface area contributed by atoms with Crippen LogP contribution in [0.2, 0.25) is 39.3 Å². The standard InChI is InChI=1S/C55H102N2O14Si2/c1-23-30-62-53(12)32-35(5)44(56-71-55(68-34(3)4)28-26-25-27-29-55)37(7)47(58)54(13,60)42(24-2)65-50(59)39(9)45(66-43-33-52(11,61-16)49(40(10)64-43)70-73(20,21)22)38(8)48(53)67-51-46(69-72(17,18)19)41(57(14)15)31-36(6)63-51/h1,34-43,45-49,51,58,60H,24-33H2,2-22H3/t35-,36-,37+,38+,39-,40+,41?,42-,43?,45?,46?,47?,48?,49?,51?,52-,53+,54-/m1/s1. The number of carbonyl (C=O) groups is 1. The fourth-order valence-electron chi connectivity index (χ4n) is 11.9. The highest BCUT2D eigenvalue weighted by Gasteiger charge is 2.55. The Morgan fingerprint density at radius 3 is 2.01 bits per heavy atom. The van der Waals surface area contributed by atoms with Crippen molar-refractivity contribution < 1.29 is 66.6 Å². The van der Waals surface area contributed by atoms with Crippen LogP contribution in [0.15, 0.2) is 5.16 Å². The Morgan fingerprint density at radius 2 is 1.48 bits per heavy atom. The Morgan fingerprint density at radius 1 is 0.863 bits per heavy atom. The van der Waals surface area contributed by atoms with Gasteiger partial charge in [0.25, 0.3) is 0 Å². The minimum Gasteiger partial charge on any atom is -0.459 e. The molecule has 1 aliphatic carbocycles. The van der Waals surface area contributed by atoms with Crippen molar-refractivity contribution in [1.82, 2.24) is 4.90 Å². The molecule has 0 amide bonds. The summed E-state index contributed by atoms with van der Waals surface area (Å²) in [5.41, 5.74) is -3.61. The molecule has 2 N–H and O–H groups in total. The van der Waals surface area contributed by atoms with Crippen LogP contribution < -0.4 is 0 Å². The molecule has 73 heavy (non-hydrogen) atoms. The molecule has 3 saturated heterocycles. The average Bonchev–Trinajstić information content (AvgIpc) is 3.28. The Labute approximate surface area is 443 Å². The number of aliphatic hydroxyl groups is 2. The monoisotopic (exact) mass is 1070 g/mol. The molecule has 18 atom stereocenters. The number of esters is 1. The zero-order valence-electron chi connectivity index (χ0n) is 49.1. The molecule has 0 bridgehead atoms. The highest BCUT2D eigenvalue weighted by molar-refractivity contribution is 6.70. The lowest BCUT2D eigenvalue weighted by Crippen LogP contribution is -2.63. The van der Waals surface area contributed by atoms with Crippen molar-refractivity contribution in [3.63, 3.8) is 0 Å². The van der Waals surface area contributed by atoms with Crippen molar-refractivity contribution in [2.75, 3.05) is 27.8 Å². The van der Waals surface area contributed by atoms with Gasteiger partial charge >= 0.3 is 5.97 Å². The number of cyclic esters (lactones) is 1. The molecular formula is C55H102N2O14Si2. The van der Waals surface area contributed by atoms with Crippen LogP contribution in [0, 0.1) is 36.0 Å². The molecule has 18 heteroatoms. The van der Waals surface area contributed by atoms with E-state index in [2.05, 4.69) is 50.1 Å². The van der Waals surface area contributed by atoms with Crippen LogP contribution in [0.5, 0.6) is 0 Å². The topological polar surface area (TPSA) is 175 Å². The van der Waals surface area contributed by atoms with Crippen molar-refractivity contribution in [3.05, 3.63) is 0 Å². The van der Waals surface area contributed by atoms with E-state index in [0.29, 0.717) is 25.0 Å². The molecule has 4 fully saturated rings. The molecule has 3 aliphatic heterocycles. The number of methoxy groups -OCH3 is 1. The number of hydrogen-bond acceptors (Lipinski definition) is 16. The van der Waals surface area contributed by atoms with Crippen molar-refractivity contribution in [1.29, 1.82) is 0 Å². The van der Waals surface area contributed by atoms with E-state index >= 15 is 4.79 Å². The lowest BCUT2D eigenvalue weighted by molar-refractivity contribution is -0.317. The number of oxime groups is 1. The summed E-state index contributed by atoms with van der Waals surface area (Å²) in [6.45, 7) is 35.6. The van der Waals surface area contributed by atoms with Gasteiger partial charge in [-0.05, 0) is 141 Å². The van der Waals surface area contributed by atoms with E-state index in [1.807, 2.05) is 83.3 Å². The molecule has 0 aromatic rings. The molecule has 0 radical (unpaired) electrons. The molecule has 1 saturated carbocycles. The summed E-state index contributed by atoms with van der Waals surface area (Å²) in [5.74, 6) is -1.93. The third-order valence-electron chi connectivity index (χ3n) is 15.6. The van der Waals surface area contributed by atoms with E-state index in [-0.39, 0.29) is 44.1 Å². The van der Waals surface area contributed by atoms with Gasteiger partial charge in [-0.25, -0.2) is 0 Å². The molecular weight excluding hydrogens is 969 g/mol. The molecule has 0 spiro atoms. The number of terminal acetylenes is 1. The van der Waals surface area contributed by atoms with E-state index in [9.17, 15) is 10.2 Å². The molecule has 8 unspecified atom stereocenters. The summed E-state index contributed by atoms with van der Waals surface area (Å²) in [4.78, 5) is 23.8. The van der Waals surface area contributed by atoms with Gasteiger partial charge in [-0.15, -0.1) is 6.42 Å². The third-order valence-corrected chi connectivity index (χ3v) is 17.6. The summed E-state index contributed by atoms with van der Waals surface area (Å²) < 4.78 is 68.3. The second-order valence-electron chi connectivity index (χ2n) is 25.2. The van der Waals surface area contributed by atoms with Gasteiger partial charge in [0, 0.05) is 50.2 Å². The van der Waals surface area contributed by atoms with E-state index in [4.69, 9.17) is 63.2 Å². The van der Waals surface area contributed by atoms with Crippen LogP contribution in [-0.4, -0.2) is 167 Å². The van der Waals surface area contributed by atoms with E-state index in [0.717, 1.165) is 19.3 Å². The minimum absolute atomic E-state index is 0.0700. The number of hydrogen-bond donors (Lipinski definition) is 2. The number of carbonyl (C=O) groups excluding carboxylic acids is 1. The first-order valence-electron chi connectivity index (χ1n) is 27.5. The minimum atomic E-state index is -2.25. The molecule has 424 valence electrons. The smallest absolute Gasteiger partial charge is 0.311 e. The fraction of sp³-hybridized carbons (Fsp3) is 0.927. The van der Waals surface area contributed by atoms with Crippen molar-refractivity contribution in [2.24, 2.45) is 28.8 Å². The zero-order valence-corrected chi connectivity index (χ0v) is 51.1. The first kappa shape index (κ1) is 64.0. The number of nitrogens with zero attached hydrogens (tertiary/aromatic N) is 2. The number of rotatable bonds is 17. The van der Waals surface area contributed by atoms with E-state index in [1.165, 1.54) is 6.92 Å². The predicted octanol–water partition coefficient (Wildman–Crippen LogP) is 9.05. The Bertz CT molecular complexity index is 1810. The van der Waals surface area contributed by atoms with Crippen LogP contribution >= 0.6 is 0 Å². The normalized spacial score (nSPS) is 41.3. The van der Waals surface area contributed by atoms with E-state index < -0.39 is 124 Å². The molecule has 4 aliphatic rings. The van der Waals surface area contributed by atoms with Crippen LogP contribution in [0.1, 0.15) is 141 Å². The van der Waals surface area contributed by atoms with Crippen LogP contribution in [0.25, 0.3) is 0 Å². The predicted molar refractivity (Wildman–Crippen MR) is 289 cm³/mol. The van der Waals surface area contributed by atoms with Gasteiger partial charge in [0.15, 0.2) is 29.2 Å². The fourth-order valence-corrected chi connectivity index (χ4v) is 14.2. The van der Waals surface area contributed by atoms with Gasteiger partial charge in [-0.3, -0.25) is 4.79 Å². The summed E-state index contributed by atoms with van der Waals surface area (Å²) in [5, 5.41) is 29.9. The maximum absolute atomic E-state index is 15.0. The largest absolute Gasteiger partial charge is 0.459 e. The highest BCUT2D eigenvalue weighted by Crippen LogP contribution is 2.44. The molecule has 4 rings (SSSR count). The summed E-state index contributed by atoms with van der Waals surface area (Å²) in [6.07, 6.45) is 3.59. The van der Waals surface area contributed by atoms with Crippen molar-refractivity contribution in [3.8, 4) is 12.3 Å². The van der Waals surface area contributed by atoms with Gasteiger partial charge in [0.2, 0.25) is 5.79 Å². The first-order valence-corrected chi connectivity index (χ1v) is 34.3. The van der Waals surface area contributed by atoms with Crippen LogP contribution in [0.3, 0.4) is 0 Å². The van der Waals surface area contributed by atoms with Crippen molar-refractivity contribution >= 4 is 28.3 Å². The quantitative estimate of drug-likeness (QED) is 0.0464. The van der Waals surface area contributed by atoms with Gasteiger partial charge in [0.1, 0.15) is 24.4 Å². The molecule has 16 nitrogen and oxygen atoms in total. The second kappa shape index (κ2) is 25.9. The Hall–Kier alpha value is -1.55. The Kier molecular flexibility index (Phi) is 22.7. The Balaban J connectivity index is 2.04. The van der Waals surface area contributed by atoms with Gasteiger partial charge in [-0.1, -0.05) is 45.2 Å². The molecule has 0 aromatic heterocycles. The van der Waals surface area contributed by atoms with Crippen molar-refractivity contribution in [2.45, 2.75) is 276 Å². The van der Waals surface area contributed by atoms with Gasteiger partial charge in [-0.2, -0.15) is 0 Å². The summed E-state index contributed by atoms with van der Waals surface area (Å²) in [7, 11) is 1.44. The van der Waals surface area contributed by atoms with Gasteiger partial charge < -0.3 is 66.7 Å². The number of likely N-dealkylation sites (N-methyl/N-ethyl adjacent to an activating group) is 1. The SMILES string of the molecule is C#CCO[C@@]1(C)C[C@@H](C)C(=NOC2(OC(C)C)CCCCC2)[C@H](C)C(O)[C@](C)(O)[C@@H](CC)OC(=O)[C@H](C)C(OC2C[C@@](C)(OC)C(O[Si](C)(C)C)[C@H](C)O2)[C@H](C)C1OC1O[C@H](C)CC(N(C)C)C1O[Si](C)(C)C. The number of ether oxygens (including phenoxy) is 8. The van der Waals surface area contributed by atoms with E-state index in [1.54, 1.807) is 14.0 Å². The second-order valence-corrected chi connectivity index (χ2v) is 34.1. The summed E-state index contributed by atoms with van der Waals surface area (Å²) >= 11 is 0. The zero-order chi connectivity index (χ0) is 55.2. The van der Waals surface area contributed by atoms with Crippen LogP contribution in [0.4, 0.5) is 0 Å². The number of aliphatic hydroxyl groups excluding tert-OH is 1. The van der Waals surface area contributed by atoms with Crippen LogP contribution in [-0.2, 0) is 56.4 Å². The molecule has 0 aromatic carbocycles. The van der Waals surface area contributed by atoms with Gasteiger partial charge in [0.05, 0.1) is 65.6 Å². The maximum Gasteiger partial charge on any atom is 0.311 e. The maximum atomic E-state index is 15.0. The first-order chi connectivity index (χ1) is 33.7. The third kappa shape index (κ3) is 16.5.